The highest BCUT2D eigenvalue weighted by Gasteiger charge is 2.12. The van der Waals surface area contributed by atoms with Crippen molar-refractivity contribution in [2.75, 3.05) is 5.73 Å². The molecule has 0 aliphatic carbocycles. The van der Waals surface area contributed by atoms with Gasteiger partial charge in [-0.05, 0) is 30.3 Å². The molecule has 3 aromatic rings. The Hall–Kier alpha value is -2.84. The van der Waals surface area contributed by atoms with Crippen molar-refractivity contribution in [3.8, 4) is 17.7 Å². The van der Waals surface area contributed by atoms with Crippen LogP contribution in [0.5, 0.6) is 11.6 Å². The molecule has 0 fully saturated rings. The van der Waals surface area contributed by atoms with E-state index in [1.54, 1.807) is 24.4 Å². The molecule has 0 saturated carbocycles. The lowest BCUT2D eigenvalue weighted by molar-refractivity contribution is 0.469. The molecule has 0 bridgehead atoms. The first-order valence-corrected chi connectivity index (χ1v) is 6.44. The van der Waals surface area contributed by atoms with E-state index >= 15 is 0 Å². The van der Waals surface area contributed by atoms with Crippen LogP contribution in [0.4, 0.5) is 5.69 Å². The minimum atomic E-state index is 0.170. The van der Waals surface area contributed by atoms with Crippen LogP contribution in [0.2, 0.25) is 5.02 Å². The molecule has 3 rings (SSSR count). The maximum atomic E-state index is 8.97. The van der Waals surface area contributed by atoms with Gasteiger partial charge in [-0.2, -0.15) is 5.26 Å². The number of nitriles is 1. The second-order valence-electron chi connectivity index (χ2n) is 4.24. The average Bonchev–Trinajstić information content (AvgIpc) is 2.52. The van der Waals surface area contributed by atoms with Crippen molar-refractivity contribution in [1.29, 1.82) is 5.26 Å². The fourth-order valence-electron chi connectivity index (χ4n) is 1.93. The molecule has 0 atom stereocenters. The highest BCUT2D eigenvalue weighted by molar-refractivity contribution is 6.35. The minimum absolute atomic E-state index is 0.170. The van der Waals surface area contributed by atoms with Gasteiger partial charge in [-0.1, -0.05) is 11.6 Å². The third kappa shape index (κ3) is 2.33. The molecule has 21 heavy (non-hydrogen) atoms. The minimum Gasteiger partial charge on any atom is -0.435 e. The van der Waals surface area contributed by atoms with E-state index in [-0.39, 0.29) is 11.6 Å². The zero-order chi connectivity index (χ0) is 14.8. The van der Waals surface area contributed by atoms with Gasteiger partial charge in [0, 0.05) is 17.8 Å². The topological polar surface area (TPSA) is 84.8 Å². The smallest absolute Gasteiger partial charge is 0.244 e. The van der Waals surface area contributed by atoms with Crippen LogP contribution in [-0.4, -0.2) is 9.97 Å². The molecule has 0 aliphatic rings. The van der Waals surface area contributed by atoms with Crippen molar-refractivity contribution in [1.82, 2.24) is 9.97 Å². The molecule has 2 heterocycles. The molecular formula is C15H9ClN4O. The van der Waals surface area contributed by atoms with Crippen molar-refractivity contribution < 1.29 is 4.74 Å². The standard InChI is InChI=1S/C15H9ClN4O/c16-11-3-4-12(14-10(11)2-1-6-19-14)21-15-13(18)9(8-17)5-7-20-15/h1-7H,18H2. The Balaban J connectivity index is 2.12. The van der Waals surface area contributed by atoms with Crippen molar-refractivity contribution in [3.05, 3.63) is 53.3 Å². The highest BCUT2D eigenvalue weighted by atomic mass is 35.5. The second kappa shape index (κ2) is 5.27. The van der Waals surface area contributed by atoms with E-state index in [0.717, 1.165) is 5.39 Å². The largest absolute Gasteiger partial charge is 0.435 e. The van der Waals surface area contributed by atoms with E-state index in [0.29, 0.717) is 21.9 Å². The number of fused-ring (bicyclic) bond motifs is 1. The molecular weight excluding hydrogens is 288 g/mol. The lowest BCUT2D eigenvalue weighted by Crippen LogP contribution is -1.98. The van der Waals surface area contributed by atoms with E-state index < -0.39 is 0 Å². The number of nitrogens with two attached hydrogens (primary N) is 1. The first-order chi connectivity index (χ1) is 10.2. The van der Waals surface area contributed by atoms with Crippen LogP contribution >= 0.6 is 11.6 Å². The Labute approximate surface area is 125 Å². The van der Waals surface area contributed by atoms with Gasteiger partial charge in [0.25, 0.3) is 0 Å². The number of hydrogen-bond donors (Lipinski definition) is 1. The molecule has 6 heteroatoms. The van der Waals surface area contributed by atoms with Gasteiger partial charge in [-0.3, -0.25) is 4.98 Å². The predicted octanol–water partition coefficient (Wildman–Crippen LogP) is 3.53. The fourth-order valence-corrected chi connectivity index (χ4v) is 2.15. The van der Waals surface area contributed by atoms with Crippen molar-refractivity contribution in [2.45, 2.75) is 0 Å². The van der Waals surface area contributed by atoms with E-state index in [9.17, 15) is 0 Å². The summed E-state index contributed by atoms with van der Waals surface area (Å²) in [6.07, 6.45) is 3.11. The first kappa shape index (κ1) is 13.2. The van der Waals surface area contributed by atoms with Crippen LogP contribution in [0.3, 0.4) is 0 Å². The number of nitrogens with zero attached hydrogens (tertiary/aromatic N) is 3. The third-order valence-electron chi connectivity index (χ3n) is 2.96. The summed E-state index contributed by atoms with van der Waals surface area (Å²) in [5.41, 5.74) is 6.97. The molecule has 102 valence electrons. The van der Waals surface area contributed by atoms with Crippen molar-refractivity contribution >= 4 is 28.2 Å². The number of nitrogen functional groups attached to an aromatic ring is 1. The van der Waals surface area contributed by atoms with E-state index in [2.05, 4.69) is 9.97 Å². The molecule has 0 spiro atoms. The maximum absolute atomic E-state index is 8.97. The van der Waals surface area contributed by atoms with Crippen LogP contribution in [0.1, 0.15) is 5.56 Å². The number of anilines is 1. The molecule has 2 aromatic heterocycles. The van der Waals surface area contributed by atoms with Crippen LogP contribution in [0.15, 0.2) is 42.7 Å². The SMILES string of the molecule is N#Cc1ccnc(Oc2ccc(Cl)c3cccnc23)c1N. The Bertz CT molecular complexity index is 873. The van der Waals surface area contributed by atoms with Gasteiger partial charge in [0.15, 0.2) is 5.75 Å². The van der Waals surface area contributed by atoms with Gasteiger partial charge in [0.1, 0.15) is 17.3 Å². The first-order valence-electron chi connectivity index (χ1n) is 6.06. The Morgan fingerprint density at radius 3 is 2.81 bits per heavy atom. The molecule has 0 unspecified atom stereocenters. The zero-order valence-electron chi connectivity index (χ0n) is 10.7. The predicted molar refractivity (Wildman–Crippen MR) is 80.2 cm³/mol. The summed E-state index contributed by atoms with van der Waals surface area (Å²) in [6.45, 7) is 0. The molecule has 0 radical (unpaired) electrons. The van der Waals surface area contributed by atoms with E-state index in [4.69, 9.17) is 27.3 Å². The van der Waals surface area contributed by atoms with Crippen molar-refractivity contribution in [3.63, 3.8) is 0 Å². The summed E-state index contributed by atoms with van der Waals surface area (Å²) in [4.78, 5) is 8.32. The lowest BCUT2D eigenvalue weighted by atomic mass is 10.2. The van der Waals surface area contributed by atoms with Gasteiger partial charge in [0.05, 0.1) is 10.6 Å². The Morgan fingerprint density at radius 1 is 1.14 bits per heavy atom. The lowest BCUT2D eigenvalue weighted by Gasteiger charge is -2.10. The summed E-state index contributed by atoms with van der Waals surface area (Å²) >= 11 is 6.13. The number of pyridine rings is 2. The van der Waals surface area contributed by atoms with Crippen LogP contribution < -0.4 is 10.5 Å². The van der Waals surface area contributed by atoms with Gasteiger partial charge in [-0.15, -0.1) is 0 Å². The third-order valence-corrected chi connectivity index (χ3v) is 3.29. The normalized spacial score (nSPS) is 10.3. The van der Waals surface area contributed by atoms with E-state index in [1.807, 2.05) is 12.1 Å². The monoisotopic (exact) mass is 296 g/mol. The van der Waals surface area contributed by atoms with Gasteiger partial charge >= 0.3 is 0 Å². The van der Waals surface area contributed by atoms with Crippen LogP contribution in [0.25, 0.3) is 10.9 Å². The molecule has 0 aliphatic heterocycles. The molecule has 0 amide bonds. The Kier molecular flexibility index (Phi) is 3.30. The number of halogens is 1. The summed E-state index contributed by atoms with van der Waals surface area (Å²) in [7, 11) is 0. The van der Waals surface area contributed by atoms with Gasteiger partial charge in [-0.25, -0.2) is 4.98 Å². The van der Waals surface area contributed by atoms with Crippen LogP contribution in [-0.2, 0) is 0 Å². The van der Waals surface area contributed by atoms with Gasteiger partial charge in [0.2, 0.25) is 5.88 Å². The van der Waals surface area contributed by atoms with E-state index in [1.165, 1.54) is 12.3 Å². The number of rotatable bonds is 2. The number of hydrogen-bond acceptors (Lipinski definition) is 5. The number of benzene rings is 1. The molecule has 1 aromatic carbocycles. The fraction of sp³-hybridized carbons (Fsp3) is 0. The average molecular weight is 297 g/mol. The highest BCUT2D eigenvalue weighted by Crippen LogP contribution is 2.34. The second-order valence-corrected chi connectivity index (χ2v) is 4.64. The number of aromatic nitrogens is 2. The van der Waals surface area contributed by atoms with Crippen molar-refractivity contribution in [2.24, 2.45) is 0 Å². The summed E-state index contributed by atoms with van der Waals surface area (Å²) in [5, 5.41) is 10.3. The Morgan fingerprint density at radius 2 is 2.00 bits per heavy atom. The zero-order valence-corrected chi connectivity index (χ0v) is 11.5. The molecule has 0 saturated heterocycles. The molecule has 5 nitrogen and oxygen atoms in total. The quantitative estimate of drug-likeness (QED) is 0.782. The number of ether oxygens (including phenoxy) is 1. The maximum Gasteiger partial charge on any atom is 0.244 e. The van der Waals surface area contributed by atoms with Gasteiger partial charge < -0.3 is 10.5 Å². The molecule has 2 N–H and O–H groups in total. The summed E-state index contributed by atoms with van der Waals surface area (Å²) in [6, 6.07) is 10.6. The summed E-state index contributed by atoms with van der Waals surface area (Å²) < 4.78 is 5.71. The van der Waals surface area contributed by atoms with Crippen LogP contribution in [0, 0.1) is 11.3 Å². The summed E-state index contributed by atoms with van der Waals surface area (Å²) in [5.74, 6) is 0.646.